The van der Waals surface area contributed by atoms with Crippen molar-refractivity contribution < 1.29 is 9.47 Å². The van der Waals surface area contributed by atoms with Crippen LogP contribution in [0.1, 0.15) is 32.3 Å². The van der Waals surface area contributed by atoms with Crippen molar-refractivity contribution in [3.8, 4) is 11.5 Å². The summed E-state index contributed by atoms with van der Waals surface area (Å²) in [5.41, 5.74) is 1.11. The fourth-order valence-electron chi connectivity index (χ4n) is 2.95. The molecule has 0 aliphatic carbocycles. The number of rotatable bonds is 5. The highest BCUT2D eigenvalue weighted by Gasteiger charge is 2.19. The van der Waals surface area contributed by atoms with Crippen LogP contribution in [0.5, 0.6) is 11.5 Å². The molecule has 0 saturated carbocycles. The molecule has 5 nitrogen and oxygen atoms in total. The summed E-state index contributed by atoms with van der Waals surface area (Å²) in [5.74, 6) is 3.23. The van der Waals surface area contributed by atoms with Crippen molar-refractivity contribution in [1.29, 1.82) is 0 Å². The Bertz CT molecular complexity index is 537. The number of nitrogens with zero attached hydrogens (tertiary/aromatic N) is 2. The lowest BCUT2D eigenvalue weighted by molar-refractivity contribution is 0.266. The Morgan fingerprint density at radius 3 is 2.67 bits per heavy atom. The molecule has 0 amide bonds. The summed E-state index contributed by atoms with van der Waals surface area (Å²) >= 11 is 0. The summed E-state index contributed by atoms with van der Waals surface area (Å²) in [7, 11) is 3.31. The van der Waals surface area contributed by atoms with E-state index in [0.29, 0.717) is 6.54 Å². The second-order valence-corrected chi connectivity index (χ2v) is 6.05. The third-order valence-corrected chi connectivity index (χ3v) is 4.15. The topological polar surface area (TPSA) is 46.1 Å². The number of aliphatic imine (C=N–C) groups is 1. The maximum absolute atomic E-state index is 5.36. The zero-order valence-electron chi connectivity index (χ0n) is 15.2. The van der Waals surface area contributed by atoms with Crippen molar-refractivity contribution in [2.45, 2.75) is 33.2 Å². The van der Waals surface area contributed by atoms with Crippen LogP contribution in [0.25, 0.3) is 0 Å². The molecule has 1 atom stereocenters. The summed E-state index contributed by atoms with van der Waals surface area (Å²) in [5, 5.41) is 3.41. The quantitative estimate of drug-likeness (QED) is 0.426. The number of piperidine rings is 1. The number of hydrogen-bond acceptors (Lipinski definition) is 3. The summed E-state index contributed by atoms with van der Waals surface area (Å²) in [6, 6.07) is 5.96. The van der Waals surface area contributed by atoms with Crippen molar-refractivity contribution in [3.05, 3.63) is 23.8 Å². The molecule has 1 aromatic carbocycles. The normalized spacial score (nSPS) is 17.9. The Hall–Kier alpha value is -1.18. The van der Waals surface area contributed by atoms with Crippen LogP contribution >= 0.6 is 24.0 Å². The SMILES string of the molecule is CCNC(=NCc1ccc(OC)c(OC)c1)N1CCCC(C)C1.I. The van der Waals surface area contributed by atoms with E-state index in [1.54, 1.807) is 14.2 Å². The molecule has 24 heavy (non-hydrogen) atoms. The first-order chi connectivity index (χ1) is 11.2. The number of benzene rings is 1. The van der Waals surface area contributed by atoms with Crippen LogP contribution in [-0.4, -0.2) is 44.7 Å². The van der Waals surface area contributed by atoms with Gasteiger partial charge in [-0.3, -0.25) is 0 Å². The van der Waals surface area contributed by atoms with Gasteiger partial charge < -0.3 is 19.7 Å². The van der Waals surface area contributed by atoms with Gasteiger partial charge in [-0.25, -0.2) is 4.99 Å². The zero-order chi connectivity index (χ0) is 16.7. The molecule has 0 spiro atoms. The molecule has 1 fully saturated rings. The summed E-state index contributed by atoms with van der Waals surface area (Å²) in [4.78, 5) is 7.18. The number of methoxy groups -OCH3 is 2. The van der Waals surface area contributed by atoms with Gasteiger partial charge in [-0.15, -0.1) is 24.0 Å². The standard InChI is InChI=1S/C18H29N3O2.HI/c1-5-19-18(21-10-6-7-14(2)13-21)20-12-15-8-9-16(22-3)17(11-15)23-4;/h8-9,11,14H,5-7,10,12-13H2,1-4H3,(H,19,20);1H. The minimum absolute atomic E-state index is 0. The first-order valence-electron chi connectivity index (χ1n) is 8.42. The molecular weight excluding hydrogens is 417 g/mol. The van der Waals surface area contributed by atoms with Crippen LogP contribution in [-0.2, 0) is 6.54 Å². The average molecular weight is 447 g/mol. The summed E-state index contributed by atoms with van der Waals surface area (Å²) < 4.78 is 10.6. The zero-order valence-corrected chi connectivity index (χ0v) is 17.5. The molecule has 0 radical (unpaired) electrons. The van der Waals surface area contributed by atoms with Crippen LogP contribution in [0.15, 0.2) is 23.2 Å². The fraction of sp³-hybridized carbons (Fsp3) is 0.611. The van der Waals surface area contributed by atoms with Gasteiger partial charge >= 0.3 is 0 Å². The second-order valence-electron chi connectivity index (χ2n) is 6.05. The Morgan fingerprint density at radius 1 is 1.29 bits per heavy atom. The predicted octanol–water partition coefficient (Wildman–Crippen LogP) is 3.52. The lowest BCUT2D eigenvalue weighted by atomic mass is 10.0. The molecule has 1 aliphatic rings. The highest BCUT2D eigenvalue weighted by atomic mass is 127. The lowest BCUT2D eigenvalue weighted by Gasteiger charge is -2.33. The van der Waals surface area contributed by atoms with Crippen LogP contribution in [0, 0.1) is 5.92 Å². The van der Waals surface area contributed by atoms with Gasteiger partial charge in [0.05, 0.1) is 20.8 Å². The first kappa shape index (κ1) is 20.9. The lowest BCUT2D eigenvalue weighted by Crippen LogP contribution is -2.46. The largest absolute Gasteiger partial charge is 0.493 e. The Balaban J connectivity index is 0.00000288. The number of hydrogen-bond donors (Lipinski definition) is 1. The molecule has 1 N–H and O–H groups in total. The molecule has 0 bridgehead atoms. The molecule has 136 valence electrons. The average Bonchev–Trinajstić information content (AvgIpc) is 2.58. The molecule has 1 aromatic rings. The molecular formula is C18H30IN3O2. The highest BCUT2D eigenvalue weighted by Crippen LogP contribution is 2.27. The molecule has 1 unspecified atom stereocenters. The number of ether oxygens (including phenoxy) is 2. The molecule has 2 rings (SSSR count). The van der Waals surface area contributed by atoms with E-state index in [9.17, 15) is 0 Å². The van der Waals surface area contributed by atoms with Gasteiger partial charge in [0.2, 0.25) is 0 Å². The summed E-state index contributed by atoms with van der Waals surface area (Å²) in [6.07, 6.45) is 2.55. The third kappa shape index (κ3) is 5.72. The van der Waals surface area contributed by atoms with E-state index in [1.165, 1.54) is 12.8 Å². The van der Waals surface area contributed by atoms with Crippen molar-refractivity contribution >= 4 is 29.9 Å². The molecule has 1 saturated heterocycles. The highest BCUT2D eigenvalue weighted by molar-refractivity contribution is 14.0. The van der Waals surface area contributed by atoms with Crippen molar-refractivity contribution in [1.82, 2.24) is 10.2 Å². The maximum Gasteiger partial charge on any atom is 0.194 e. The van der Waals surface area contributed by atoms with Crippen LogP contribution in [0.2, 0.25) is 0 Å². The van der Waals surface area contributed by atoms with Gasteiger partial charge in [-0.1, -0.05) is 13.0 Å². The van der Waals surface area contributed by atoms with Crippen LogP contribution in [0.4, 0.5) is 0 Å². The predicted molar refractivity (Wildman–Crippen MR) is 110 cm³/mol. The van der Waals surface area contributed by atoms with Crippen molar-refractivity contribution in [2.24, 2.45) is 10.9 Å². The van der Waals surface area contributed by atoms with E-state index >= 15 is 0 Å². The number of halogens is 1. The first-order valence-corrected chi connectivity index (χ1v) is 8.42. The molecule has 1 aliphatic heterocycles. The van der Waals surface area contributed by atoms with Gasteiger partial charge in [-0.05, 0) is 43.4 Å². The fourth-order valence-corrected chi connectivity index (χ4v) is 2.95. The van der Waals surface area contributed by atoms with Gasteiger partial charge in [0.25, 0.3) is 0 Å². The Kier molecular flexibility index (Phi) is 9.25. The summed E-state index contributed by atoms with van der Waals surface area (Å²) in [6.45, 7) is 8.10. The van der Waals surface area contributed by atoms with Gasteiger partial charge in [0.15, 0.2) is 17.5 Å². The Labute approximate surface area is 162 Å². The number of likely N-dealkylation sites (tertiary alicyclic amines) is 1. The monoisotopic (exact) mass is 447 g/mol. The maximum atomic E-state index is 5.36. The van der Waals surface area contributed by atoms with Gasteiger partial charge in [0.1, 0.15) is 0 Å². The smallest absolute Gasteiger partial charge is 0.194 e. The number of nitrogens with one attached hydrogen (secondary N) is 1. The minimum atomic E-state index is 0. The molecule has 0 aromatic heterocycles. The second kappa shape index (κ2) is 10.6. The van der Waals surface area contributed by atoms with Crippen LogP contribution < -0.4 is 14.8 Å². The number of guanidine groups is 1. The third-order valence-electron chi connectivity index (χ3n) is 4.15. The minimum Gasteiger partial charge on any atom is -0.493 e. The van der Waals surface area contributed by atoms with E-state index in [-0.39, 0.29) is 24.0 Å². The van der Waals surface area contributed by atoms with E-state index in [4.69, 9.17) is 14.5 Å². The van der Waals surface area contributed by atoms with E-state index in [1.807, 2.05) is 18.2 Å². The van der Waals surface area contributed by atoms with E-state index < -0.39 is 0 Å². The van der Waals surface area contributed by atoms with Crippen LogP contribution in [0.3, 0.4) is 0 Å². The Morgan fingerprint density at radius 2 is 2.04 bits per heavy atom. The van der Waals surface area contributed by atoms with Gasteiger partial charge in [-0.2, -0.15) is 0 Å². The molecule has 1 heterocycles. The molecule has 6 heteroatoms. The van der Waals surface area contributed by atoms with Crippen molar-refractivity contribution in [2.75, 3.05) is 33.9 Å². The van der Waals surface area contributed by atoms with E-state index in [0.717, 1.165) is 48.6 Å². The van der Waals surface area contributed by atoms with Crippen molar-refractivity contribution in [3.63, 3.8) is 0 Å². The van der Waals surface area contributed by atoms with E-state index in [2.05, 4.69) is 24.1 Å². The van der Waals surface area contributed by atoms with Gasteiger partial charge in [0, 0.05) is 19.6 Å².